The number of hydrogen-bond acceptors (Lipinski definition) is 8. The van der Waals surface area contributed by atoms with E-state index in [4.69, 9.17) is 9.47 Å². The van der Waals surface area contributed by atoms with E-state index >= 15 is 0 Å². The first-order valence-electron chi connectivity index (χ1n) is 17.7. The van der Waals surface area contributed by atoms with Crippen LogP contribution in [0.1, 0.15) is 35.7 Å². The molecule has 5 amide bonds. The Balaban J connectivity index is 1.30. The average Bonchev–Trinajstić information content (AvgIpc) is 3.51. The fourth-order valence-corrected chi connectivity index (χ4v) is 6.65. The number of aryl methyl sites for hydroxylation is 1. The maximum atomic E-state index is 14.5. The molecule has 5 N–H and O–H groups in total. The summed E-state index contributed by atoms with van der Waals surface area (Å²) in [5, 5.41) is 21.6. The largest absolute Gasteiger partial charge is 0.492 e. The van der Waals surface area contributed by atoms with Gasteiger partial charge < -0.3 is 45.3 Å². The van der Waals surface area contributed by atoms with Gasteiger partial charge in [-0.2, -0.15) is 0 Å². The molecule has 3 aliphatic rings. The van der Waals surface area contributed by atoms with Crippen molar-refractivity contribution in [1.29, 1.82) is 0 Å². The second-order valence-electron chi connectivity index (χ2n) is 13.4. The van der Waals surface area contributed by atoms with Crippen molar-refractivity contribution in [2.24, 2.45) is 7.05 Å². The van der Waals surface area contributed by atoms with Crippen LogP contribution < -0.4 is 30.7 Å². The van der Waals surface area contributed by atoms with E-state index in [0.717, 1.165) is 16.5 Å². The third-order valence-corrected chi connectivity index (χ3v) is 9.68. The minimum atomic E-state index is -1.48. The van der Waals surface area contributed by atoms with Crippen LogP contribution in [-0.2, 0) is 32.6 Å². The van der Waals surface area contributed by atoms with Gasteiger partial charge in [0.1, 0.15) is 36.2 Å². The molecule has 0 radical (unpaired) electrons. The number of likely N-dealkylation sites (tertiary alicyclic amines) is 1. The minimum absolute atomic E-state index is 0.0603. The Morgan fingerprint density at radius 3 is 2.21 bits per heavy atom. The van der Waals surface area contributed by atoms with E-state index in [0.29, 0.717) is 17.1 Å². The third kappa shape index (κ3) is 8.44. The van der Waals surface area contributed by atoms with Crippen LogP contribution in [-0.4, -0.2) is 101 Å². The van der Waals surface area contributed by atoms with Crippen LogP contribution in [0, 0.1) is 0 Å². The van der Waals surface area contributed by atoms with Crippen molar-refractivity contribution in [3.8, 4) is 11.5 Å². The molecule has 3 aromatic carbocycles. The van der Waals surface area contributed by atoms with Crippen LogP contribution in [0.25, 0.3) is 10.9 Å². The van der Waals surface area contributed by atoms with Crippen molar-refractivity contribution in [2.45, 2.75) is 49.9 Å². The van der Waals surface area contributed by atoms with Crippen molar-refractivity contribution in [3.63, 3.8) is 0 Å². The predicted molar refractivity (Wildman–Crippen MR) is 195 cm³/mol. The average molecular weight is 725 g/mol. The van der Waals surface area contributed by atoms with Crippen LogP contribution >= 0.6 is 0 Å². The summed E-state index contributed by atoms with van der Waals surface area (Å²) < 4.78 is 14.2. The zero-order chi connectivity index (χ0) is 37.5. The number of ether oxygens (including phenoxy) is 2. The number of nitrogens with one attached hydrogen (secondary N) is 4. The monoisotopic (exact) mass is 724 g/mol. The van der Waals surface area contributed by atoms with Gasteiger partial charge in [0.05, 0.1) is 18.7 Å². The Morgan fingerprint density at radius 2 is 1.49 bits per heavy atom. The number of piperidine rings is 1. The number of fused-ring (bicyclic) bond motifs is 16. The lowest BCUT2D eigenvalue weighted by molar-refractivity contribution is -0.144. The number of aliphatic hydroxyl groups is 1. The van der Waals surface area contributed by atoms with Gasteiger partial charge in [0.2, 0.25) is 17.7 Å². The Kier molecular flexibility index (Phi) is 11.3. The maximum absolute atomic E-state index is 14.5. The zero-order valence-electron chi connectivity index (χ0n) is 29.7. The number of aliphatic hydroxyl groups excluding tert-OH is 1. The summed E-state index contributed by atoms with van der Waals surface area (Å²) in [7, 11) is 1.89. The molecule has 1 fully saturated rings. The van der Waals surface area contributed by atoms with Crippen molar-refractivity contribution >= 4 is 40.4 Å². The molecule has 3 atom stereocenters. The molecule has 2 bridgehead atoms. The highest BCUT2D eigenvalue weighted by molar-refractivity contribution is 6.07. The molecule has 4 heterocycles. The SMILES string of the molecule is C[C@@H]1NC(=O)[C@H](CO)NC(=O)[C@@H](Cc2ccccc2)NC(=O)C2(CCN(C(=O)c3cn(C)c4ccccc34)CC2)Oc2ccc(cc2)OCCNC1=O. The van der Waals surface area contributed by atoms with E-state index in [2.05, 4.69) is 21.3 Å². The van der Waals surface area contributed by atoms with Crippen LogP contribution in [0.3, 0.4) is 0 Å². The quantitative estimate of drug-likeness (QED) is 0.196. The molecule has 0 aliphatic carbocycles. The van der Waals surface area contributed by atoms with Gasteiger partial charge in [0.15, 0.2) is 5.60 Å². The van der Waals surface area contributed by atoms with Gasteiger partial charge in [-0.15, -0.1) is 0 Å². The fraction of sp³-hybridized carbons (Fsp3) is 0.359. The first-order chi connectivity index (χ1) is 25.6. The number of aromatic nitrogens is 1. The van der Waals surface area contributed by atoms with E-state index in [1.54, 1.807) is 53.4 Å². The van der Waals surface area contributed by atoms with E-state index < -0.39 is 54.0 Å². The molecule has 1 spiro atoms. The summed E-state index contributed by atoms with van der Waals surface area (Å²) in [5.74, 6) is -1.83. The minimum Gasteiger partial charge on any atom is -0.492 e. The van der Waals surface area contributed by atoms with Crippen LogP contribution in [0.15, 0.2) is 85.1 Å². The lowest BCUT2D eigenvalue weighted by atomic mass is 9.88. The lowest BCUT2D eigenvalue weighted by Gasteiger charge is -2.41. The number of hydrogen-bond donors (Lipinski definition) is 5. The molecular weight excluding hydrogens is 680 g/mol. The Labute approximate surface area is 306 Å². The number of benzene rings is 3. The third-order valence-electron chi connectivity index (χ3n) is 9.68. The molecule has 14 nitrogen and oxygen atoms in total. The molecule has 278 valence electrons. The maximum Gasteiger partial charge on any atom is 0.265 e. The van der Waals surface area contributed by atoms with Gasteiger partial charge in [-0.3, -0.25) is 24.0 Å². The fourth-order valence-electron chi connectivity index (χ4n) is 6.65. The van der Waals surface area contributed by atoms with Gasteiger partial charge in [0, 0.05) is 56.5 Å². The highest BCUT2D eigenvalue weighted by atomic mass is 16.5. The highest BCUT2D eigenvalue weighted by Crippen LogP contribution is 2.32. The lowest BCUT2D eigenvalue weighted by Crippen LogP contribution is -2.62. The van der Waals surface area contributed by atoms with Crippen LogP contribution in [0.2, 0.25) is 0 Å². The Hall–Kier alpha value is -5.89. The topological polar surface area (TPSA) is 180 Å². The second-order valence-corrected chi connectivity index (χ2v) is 13.4. The summed E-state index contributed by atoms with van der Waals surface area (Å²) >= 11 is 0. The van der Waals surface area contributed by atoms with E-state index in [1.165, 1.54) is 6.92 Å². The molecule has 0 unspecified atom stereocenters. The van der Waals surface area contributed by atoms with Crippen molar-refractivity contribution in [3.05, 3.63) is 96.2 Å². The van der Waals surface area contributed by atoms with Crippen LogP contribution in [0.4, 0.5) is 0 Å². The van der Waals surface area contributed by atoms with E-state index in [-0.39, 0.29) is 51.4 Å². The van der Waals surface area contributed by atoms with Gasteiger partial charge in [-0.25, -0.2) is 0 Å². The summed E-state index contributed by atoms with van der Waals surface area (Å²) in [6.07, 6.45) is 2.11. The first kappa shape index (κ1) is 36.9. The molecule has 1 aromatic heterocycles. The Bertz CT molecular complexity index is 1960. The zero-order valence-corrected chi connectivity index (χ0v) is 29.7. The molecule has 14 heteroatoms. The summed E-state index contributed by atoms with van der Waals surface area (Å²) in [5.41, 5.74) is 0.741. The highest BCUT2D eigenvalue weighted by Gasteiger charge is 2.46. The number of amides is 5. The molecule has 53 heavy (non-hydrogen) atoms. The number of para-hydroxylation sites is 1. The number of nitrogens with zero attached hydrogens (tertiary/aromatic N) is 2. The van der Waals surface area contributed by atoms with E-state index in [9.17, 15) is 29.1 Å². The molecule has 1 saturated heterocycles. The van der Waals surface area contributed by atoms with Gasteiger partial charge in [-0.05, 0) is 42.8 Å². The van der Waals surface area contributed by atoms with Crippen molar-refractivity contribution in [2.75, 3.05) is 32.8 Å². The predicted octanol–water partition coefficient (Wildman–Crippen LogP) is 1.45. The molecule has 4 aromatic rings. The number of carbonyl (C=O) groups is 5. The molecule has 7 rings (SSSR count). The second kappa shape index (κ2) is 16.2. The van der Waals surface area contributed by atoms with Gasteiger partial charge in [-0.1, -0.05) is 48.5 Å². The molecular formula is C39H44N6O8. The van der Waals surface area contributed by atoms with Gasteiger partial charge in [0.25, 0.3) is 11.8 Å². The van der Waals surface area contributed by atoms with Crippen molar-refractivity contribution in [1.82, 2.24) is 30.7 Å². The number of rotatable bonds is 4. The first-order valence-corrected chi connectivity index (χ1v) is 17.7. The van der Waals surface area contributed by atoms with Crippen LogP contribution in [0.5, 0.6) is 11.5 Å². The number of carbonyl (C=O) groups excluding carboxylic acids is 5. The summed E-state index contributed by atoms with van der Waals surface area (Å²) in [6, 6.07) is 19.8. The van der Waals surface area contributed by atoms with Gasteiger partial charge >= 0.3 is 0 Å². The Morgan fingerprint density at radius 1 is 0.830 bits per heavy atom. The normalized spacial score (nSPS) is 21.5. The molecule has 3 aliphatic heterocycles. The standard InChI is InChI=1S/C39H44N6O8/c1-25-34(47)40-18-21-52-27-12-14-28(15-13-27)53-39(16-19-45(20-17-39)37(50)30-23-44(2)33-11-7-6-10-29(30)33)38(51)43-31(22-26-8-4-3-5-9-26)35(48)42-32(24-46)36(49)41-25/h3-15,23,25,31-32,46H,16-22,24H2,1-2H3,(H,40,47)(H,41,49)(H,42,48)(H,43,51)/t25-,31+,32-/m0/s1. The summed E-state index contributed by atoms with van der Waals surface area (Å²) in [4.78, 5) is 69.7. The van der Waals surface area contributed by atoms with Crippen molar-refractivity contribution < 1.29 is 38.6 Å². The summed E-state index contributed by atoms with van der Waals surface area (Å²) in [6.45, 7) is 1.40. The molecule has 0 saturated carbocycles. The van der Waals surface area contributed by atoms with E-state index in [1.807, 2.05) is 48.1 Å². The smallest absolute Gasteiger partial charge is 0.265 e.